The number of methoxy groups -OCH3 is 1. The Hall–Kier alpha value is -3.39. The van der Waals surface area contributed by atoms with Crippen molar-refractivity contribution < 1.29 is 18.7 Å². The molecule has 0 radical (unpaired) electrons. The molecule has 1 N–H and O–H groups in total. The Bertz CT molecular complexity index is 1090. The number of aromatic nitrogens is 2. The van der Waals surface area contributed by atoms with Gasteiger partial charge in [0.15, 0.2) is 6.10 Å². The van der Waals surface area contributed by atoms with E-state index in [2.05, 4.69) is 10.4 Å². The van der Waals surface area contributed by atoms with Crippen molar-refractivity contribution in [2.45, 2.75) is 13.0 Å². The molecule has 0 aliphatic heterocycles. The van der Waals surface area contributed by atoms with Gasteiger partial charge in [-0.2, -0.15) is 4.68 Å². The molecule has 1 heterocycles. The van der Waals surface area contributed by atoms with Gasteiger partial charge in [-0.1, -0.05) is 11.6 Å². The normalized spacial score (nSPS) is 11.6. The number of hydrogen-bond acceptors (Lipinski definition) is 5. The Morgan fingerprint density at radius 3 is 2.59 bits per heavy atom. The molecule has 3 aromatic rings. The van der Waals surface area contributed by atoms with E-state index < -0.39 is 23.4 Å². The zero-order valence-corrected chi connectivity index (χ0v) is 16.3. The van der Waals surface area contributed by atoms with Crippen molar-refractivity contribution in [3.05, 3.63) is 75.8 Å². The lowest BCUT2D eigenvalue weighted by Crippen LogP contribution is -2.31. The second-order valence-corrected chi connectivity index (χ2v) is 6.43. The second-order valence-electron chi connectivity index (χ2n) is 5.99. The molecule has 2 aromatic carbocycles. The van der Waals surface area contributed by atoms with E-state index in [1.54, 1.807) is 18.2 Å². The summed E-state index contributed by atoms with van der Waals surface area (Å²) in [5.41, 5.74) is 0.331. The van der Waals surface area contributed by atoms with E-state index in [0.29, 0.717) is 22.1 Å². The molecule has 9 heteroatoms. The lowest BCUT2D eigenvalue weighted by atomic mass is 10.2. The number of benzene rings is 2. The highest BCUT2D eigenvalue weighted by atomic mass is 35.5. The first-order valence-corrected chi connectivity index (χ1v) is 8.92. The molecule has 1 amide bonds. The maximum atomic E-state index is 13.1. The Balaban J connectivity index is 1.77. The van der Waals surface area contributed by atoms with Crippen LogP contribution >= 0.6 is 11.6 Å². The Morgan fingerprint density at radius 2 is 1.90 bits per heavy atom. The molecule has 0 fully saturated rings. The molecular formula is C20H17ClFN3O4. The topological polar surface area (TPSA) is 82.5 Å². The fourth-order valence-corrected chi connectivity index (χ4v) is 2.64. The van der Waals surface area contributed by atoms with Crippen LogP contribution in [0.2, 0.25) is 5.02 Å². The van der Waals surface area contributed by atoms with Gasteiger partial charge in [-0.15, -0.1) is 5.10 Å². The highest BCUT2D eigenvalue weighted by Gasteiger charge is 2.18. The molecule has 1 aromatic heterocycles. The van der Waals surface area contributed by atoms with Gasteiger partial charge in [0.2, 0.25) is 5.88 Å². The maximum absolute atomic E-state index is 13.1. The van der Waals surface area contributed by atoms with Crippen molar-refractivity contribution in [2.24, 2.45) is 0 Å². The minimum atomic E-state index is -0.939. The minimum absolute atomic E-state index is 0.0506. The van der Waals surface area contributed by atoms with Gasteiger partial charge in [0.05, 0.1) is 18.5 Å². The number of amides is 1. The third-order valence-corrected chi connectivity index (χ3v) is 4.17. The number of carbonyl (C=O) groups is 1. The van der Waals surface area contributed by atoms with Gasteiger partial charge in [0, 0.05) is 17.2 Å². The van der Waals surface area contributed by atoms with Crippen LogP contribution in [0.1, 0.15) is 6.92 Å². The van der Waals surface area contributed by atoms with Crippen LogP contribution in [0.25, 0.3) is 5.69 Å². The number of ether oxygens (including phenoxy) is 2. The van der Waals surface area contributed by atoms with Crippen LogP contribution in [-0.2, 0) is 4.79 Å². The van der Waals surface area contributed by atoms with Gasteiger partial charge < -0.3 is 14.8 Å². The molecule has 29 heavy (non-hydrogen) atoms. The monoisotopic (exact) mass is 417 g/mol. The van der Waals surface area contributed by atoms with Crippen LogP contribution in [0.3, 0.4) is 0 Å². The van der Waals surface area contributed by atoms with Crippen molar-refractivity contribution in [2.75, 3.05) is 12.4 Å². The van der Waals surface area contributed by atoms with E-state index >= 15 is 0 Å². The first-order valence-electron chi connectivity index (χ1n) is 8.55. The van der Waals surface area contributed by atoms with Gasteiger partial charge in [-0.05, 0) is 49.4 Å². The Labute approximate surface area is 170 Å². The predicted molar refractivity (Wildman–Crippen MR) is 107 cm³/mol. The van der Waals surface area contributed by atoms with Crippen molar-refractivity contribution in [1.82, 2.24) is 9.78 Å². The average molecular weight is 418 g/mol. The third kappa shape index (κ3) is 4.91. The number of carbonyl (C=O) groups excluding carboxylic acids is 1. The number of hydrogen-bond donors (Lipinski definition) is 1. The molecule has 0 unspecified atom stereocenters. The molecule has 0 aliphatic rings. The molecule has 7 nitrogen and oxygen atoms in total. The summed E-state index contributed by atoms with van der Waals surface area (Å²) >= 11 is 5.96. The van der Waals surface area contributed by atoms with Crippen molar-refractivity contribution in [1.29, 1.82) is 0 Å². The first-order chi connectivity index (χ1) is 13.9. The van der Waals surface area contributed by atoms with E-state index in [4.69, 9.17) is 21.1 Å². The number of anilines is 1. The summed E-state index contributed by atoms with van der Waals surface area (Å²) in [6.45, 7) is 1.53. The smallest absolute Gasteiger partial charge is 0.271 e. The fraction of sp³-hybridized carbons (Fsp3) is 0.150. The molecule has 0 bridgehead atoms. The summed E-state index contributed by atoms with van der Waals surface area (Å²) in [5.74, 6) is -0.407. The zero-order chi connectivity index (χ0) is 21.0. The fourth-order valence-electron chi connectivity index (χ4n) is 2.47. The lowest BCUT2D eigenvalue weighted by Gasteiger charge is -2.16. The van der Waals surface area contributed by atoms with Crippen LogP contribution in [0, 0.1) is 5.82 Å². The summed E-state index contributed by atoms with van der Waals surface area (Å²) in [4.78, 5) is 24.5. The summed E-state index contributed by atoms with van der Waals surface area (Å²) in [7, 11) is 1.47. The number of nitrogens with zero attached hydrogens (tertiary/aromatic N) is 2. The van der Waals surface area contributed by atoms with Gasteiger partial charge in [0.25, 0.3) is 11.5 Å². The van der Waals surface area contributed by atoms with Crippen molar-refractivity contribution in [3.8, 4) is 17.3 Å². The van der Waals surface area contributed by atoms with Crippen molar-refractivity contribution in [3.63, 3.8) is 0 Å². The van der Waals surface area contributed by atoms with Crippen LogP contribution in [0.15, 0.2) is 59.4 Å². The van der Waals surface area contributed by atoms with Gasteiger partial charge in [0.1, 0.15) is 11.6 Å². The number of halogens is 2. The van der Waals surface area contributed by atoms with Crippen molar-refractivity contribution >= 4 is 23.2 Å². The average Bonchev–Trinajstić information content (AvgIpc) is 2.70. The van der Waals surface area contributed by atoms with E-state index in [1.165, 1.54) is 50.4 Å². The highest BCUT2D eigenvalue weighted by molar-refractivity contribution is 6.31. The molecule has 3 rings (SSSR count). The predicted octanol–water partition coefficient (Wildman–Crippen LogP) is 3.44. The Kier molecular flexibility index (Phi) is 6.13. The van der Waals surface area contributed by atoms with Gasteiger partial charge >= 0.3 is 0 Å². The molecule has 150 valence electrons. The first kappa shape index (κ1) is 20.3. The van der Waals surface area contributed by atoms with Crippen LogP contribution < -0.4 is 20.3 Å². The van der Waals surface area contributed by atoms with Gasteiger partial charge in [-0.3, -0.25) is 9.59 Å². The quantitative estimate of drug-likeness (QED) is 0.664. The van der Waals surface area contributed by atoms with Crippen LogP contribution in [0.4, 0.5) is 10.1 Å². The standard InChI is InChI=1S/C20H17ClFN3O4/c1-12(20(27)23-16-11-13(21)3-8-17(16)28-2)29-18-9-10-19(26)25(24-18)15-6-4-14(22)5-7-15/h3-12H,1-2H3,(H,23,27)/t12-/m0/s1. The summed E-state index contributed by atoms with van der Waals surface area (Å²) in [6.07, 6.45) is -0.939. The molecule has 0 saturated heterocycles. The maximum Gasteiger partial charge on any atom is 0.271 e. The number of nitrogens with one attached hydrogen (secondary N) is 1. The molecular weight excluding hydrogens is 401 g/mol. The van der Waals surface area contributed by atoms with E-state index in [1.807, 2.05) is 0 Å². The lowest BCUT2D eigenvalue weighted by molar-refractivity contribution is -0.122. The summed E-state index contributed by atoms with van der Waals surface area (Å²) in [5, 5.41) is 7.19. The number of rotatable bonds is 6. The van der Waals surface area contributed by atoms with Crippen LogP contribution in [0.5, 0.6) is 11.6 Å². The summed E-state index contributed by atoms with van der Waals surface area (Å²) < 4.78 is 24.9. The molecule has 0 saturated carbocycles. The van der Waals surface area contributed by atoms with Gasteiger partial charge in [-0.25, -0.2) is 4.39 Å². The largest absolute Gasteiger partial charge is 0.495 e. The second kappa shape index (κ2) is 8.74. The van der Waals surface area contributed by atoms with E-state index in [-0.39, 0.29) is 5.88 Å². The van der Waals surface area contributed by atoms with E-state index in [0.717, 1.165) is 4.68 Å². The van der Waals surface area contributed by atoms with Crippen LogP contribution in [-0.4, -0.2) is 28.9 Å². The highest BCUT2D eigenvalue weighted by Crippen LogP contribution is 2.27. The van der Waals surface area contributed by atoms with E-state index in [9.17, 15) is 14.0 Å². The Morgan fingerprint density at radius 1 is 1.17 bits per heavy atom. The zero-order valence-electron chi connectivity index (χ0n) is 15.6. The molecule has 1 atom stereocenters. The SMILES string of the molecule is COc1ccc(Cl)cc1NC(=O)[C@H](C)Oc1ccc(=O)n(-c2ccc(F)cc2)n1. The third-order valence-electron chi connectivity index (χ3n) is 3.93. The molecule has 0 spiro atoms. The summed E-state index contributed by atoms with van der Waals surface area (Å²) in [6, 6.07) is 12.7. The minimum Gasteiger partial charge on any atom is -0.495 e. The molecule has 0 aliphatic carbocycles.